The number of para-hydroxylation sites is 2. The van der Waals surface area contributed by atoms with Gasteiger partial charge in [-0.3, -0.25) is 4.79 Å². The number of benzene rings is 2. The van der Waals surface area contributed by atoms with Gasteiger partial charge in [0.2, 0.25) is 5.91 Å². The van der Waals surface area contributed by atoms with Crippen LogP contribution in [0.5, 0.6) is 0 Å². The fourth-order valence-corrected chi connectivity index (χ4v) is 3.72. The van der Waals surface area contributed by atoms with Crippen LogP contribution in [0.15, 0.2) is 54.7 Å². The van der Waals surface area contributed by atoms with Crippen molar-refractivity contribution in [1.29, 1.82) is 0 Å². The number of hydrogen-bond acceptors (Lipinski definition) is 1. The van der Waals surface area contributed by atoms with Crippen molar-refractivity contribution in [3.8, 4) is 0 Å². The summed E-state index contributed by atoms with van der Waals surface area (Å²) in [4.78, 5) is 16.1. The van der Waals surface area contributed by atoms with E-state index in [4.69, 9.17) is 0 Å². The predicted octanol–water partition coefficient (Wildman–Crippen LogP) is 5.89. The Bertz CT molecular complexity index is 864. The smallest absolute Gasteiger partial charge is 0.224 e. The number of anilines is 1. The molecule has 136 valence electrons. The van der Waals surface area contributed by atoms with Gasteiger partial charge in [0.1, 0.15) is 0 Å². The largest absolute Gasteiger partial charge is 0.361 e. The molecule has 1 aromatic heterocycles. The first-order valence-corrected chi connectivity index (χ1v) is 9.52. The molecule has 0 spiro atoms. The van der Waals surface area contributed by atoms with E-state index in [9.17, 15) is 4.79 Å². The van der Waals surface area contributed by atoms with E-state index in [1.54, 1.807) is 0 Å². The maximum absolute atomic E-state index is 12.6. The number of H-pyrrole nitrogens is 1. The maximum Gasteiger partial charge on any atom is 0.224 e. The van der Waals surface area contributed by atoms with E-state index in [0.717, 1.165) is 18.5 Å². The molecular weight excluding hydrogens is 320 g/mol. The first-order valence-electron chi connectivity index (χ1n) is 9.52. The van der Waals surface area contributed by atoms with Gasteiger partial charge in [-0.15, -0.1) is 0 Å². The molecule has 0 bridgehead atoms. The first-order chi connectivity index (χ1) is 12.6. The molecule has 2 aromatic carbocycles. The van der Waals surface area contributed by atoms with Crippen molar-refractivity contribution in [2.24, 2.45) is 5.92 Å². The summed E-state index contributed by atoms with van der Waals surface area (Å²) in [7, 11) is 0. The van der Waals surface area contributed by atoms with Gasteiger partial charge in [-0.25, -0.2) is 0 Å². The lowest BCUT2D eigenvalue weighted by molar-refractivity contribution is -0.116. The number of rotatable bonds is 7. The minimum absolute atomic E-state index is 0.0721. The zero-order valence-electron chi connectivity index (χ0n) is 15.9. The van der Waals surface area contributed by atoms with Crippen LogP contribution in [0.1, 0.15) is 50.7 Å². The van der Waals surface area contributed by atoms with Crippen LogP contribution in [0.3, 0.4) is 0 Å². The Balaban J connectivity index is 1.85. The number of nitrogens with one attached hydrogen (secondary N) is 2. The van der Waals surface area contributed by atoms with Crippen molar-refractivity contribution in [1.82, 2.24) is 4.98 Å². The average molecular weight is 348 g/mol. The van der Waals surface area contributed by atoms with Crippen molar-refractivity contribution in [3.63, 3.8) is 0 Å². The highest BCUT2D eigenvalue weighted by molar-refractivity contribution is 5.92. The maximum atomic E-state index is 12.6. The summed E-state index contributed by atoms with van der Waals surface area (Å²) >= 11 is 0. The van der Waals surface area contributed by atoms with E-state index in [0.29, 0.717) is 12.3 Å². The number of carbonyl (C=O) groups excluding carboxylic acids is 1. The SMILES string of the molecule is CCc1cccc2c(C(CC(=O)Nc3ccccc3)CC(C)C)c[nH]c12. The summed E-state index contributed by atoms with van der Waals surface area (Å²) in [5.41, 5.74) is 4.65. The van der Waals surface area contributed by atoms with Gasteiger partial charge in [-0.05, 0) is 47.9 Å². The number of amides is 1. The van der Waals surface area contributed by atoms with E-state index < -0.39 is 0 Å². The van der Waals surface area contributed by atoms with Crippen molar-refractivity contribution >= 4 is 22.5 Å². The third-order valence-electron chi connectivity index (χ3n) is 4.90. The lowest BCUT2D eigenvalue weighted by Gasteiger charge is -2.19. The molecule has 1 heterocycles. The molecular formula is C23H28N2O. The van der Waals surface area contributed by atoms with Crippen LogP contribution in [0.25, 0.3) is 10.9 Å². The zero-order chi connectivity index (χ0) is 18.5. The summed E-state index contributed by atoms with van der Waals surface area (Å²) in [6.07, 6.45) is 4.59. The summed E-state index contributed by atoms with van der Waals surface area (Å²) in [5, 5.41) is 4.28. The molecule has 1 amide bonds. The minimum Gasteiger partial charge on any atom is -0.361 e. The first kappa shape index (κ1) is 18.2. The quantitative estimate of drug-likeness (QED) is 0.549. The van der Waals surface area contributed by atoms with Gasteiger partial charge in [-0.2, -0.15) is 0 Å². The van der Waals surface area contributed by atoms with E-state index in [1.165, 1.54) is 22.0 Å². The lowest BCUT2D eigenvalue weighted by Crippen LogP contribution is -2.16. The Hall–Kier alpha value is -2.55. The molecule has 0 aliphatic rings. The molecule has 1 atom stereocenters. The number of aromatic amines is 1. The molecule has 0 aliphatic heterocycles. The van der Waals surface area contributed by atoms with E-state index >= 15 is 0 Å². The average Bonchev–Trinajstić information content (AvgIpc) is 3.05. The van der Waals surface area contributed by atoms with Gasteiger partial charge in [0.15, 0.2) is 0 Å². The molecule has 0 aliphatic carbocycles. The highest BCUT2D eigenvalue weighted by Crippen LogP contribution is 2.34. The molecule has 0 fully saturated rings. The Morgan fingerprint density at radius 1 is 1.08 bits per heavy atom. The van der Waals surface area contributed by atoms with Crippen LogP contribution in [0.2, 0.25) is 0 Å². The molecule has 3 aromatic rings. The molecule has 1 unspecified atom stereocenters. The molecule has 3 rings (SSSR count). The van der Waals surface area contributed by atoms with Crippen LogP contribution in [-0.4, -0.2) is 10.9 Å². The number of carbonyl (C=O) groups is 1. The van der Waals surface area contributed by atoms with Gasteiger partial charge in [-0.1, -0.05) is 57.2 Å². The van der Waals surface area contributed by atoms with E-state index in [-0.39, 0.29) is 11.8 Å². The highest BCUT2D eigenvalue weighted by Gasteiger charge is 2.21. The molecule has 0 saturated heterocycles. The van der Waals surface area contributed by atoms with Gasteiger partial charge in [0.05, 0.1) is 0 Å². The second-order valence-electron chi connectivity index (χ2n) is 7.38. The van der Waals surface area contributed by atoms with Crippen LogP contribution < -0.4 is 5.32 Å². The second-order valence-corrected chi connectivity index (χ2v) is 7.38. The van der Waals surface area contributed by atoms with Gasteiger partial charge < -0.3 is 10.3 Å². The number of fused-ring (bicyclic) bond motifs is 1. The number of hydrogen-bond donors (Lipinski definition) is 2. The Labute approximate surface area is 155 Å². The Kier molecular flexibility index (Phi) is 5.77. The number of aromatic nitrogens is 1. The van der Waals surface area contributed by atoms with Crippen LogP contribution in [-0.2, 0) is 11.2 Å². The zero-order valence-corrected chi connectivity index (χ0v) is 15.9. The van der Waals surface area contributed by atoms with Crippen molar-refractivity contribution in [2.45, 2.75) is 46.0 Å². The van der Waals surface area contributed by atoms with Gasteiger partial charge in [0, 0.05) is 29.2 Å². The predicted molar refractivity (Wildman–Crippen MR) is 110 cm³/mol. The lowest BCUT2D eigenvalue weighted by atomic mass is 9.87. The van der Waals surface area contributed by atoms with Crippen molar-refractivity contribution < 1.29 is 4.79 Å². The standard InChI is InChI=1S/C23H28N2O/c1-4-17-9-8-12-20-21(15-24-23(17)20)18(13-16(2)3)14-22(26)25-19-10-6-5-7-11-19/h5-12,15-16,18,24H,4,13-14H2,1-3H3,(H,25,26). The van der Waals surface area contributed by atoms with Crippen molar-refractivity contribution in [2.75, 3.05) is 5.32 Å². The van der Waals surface area contributed by atoms with Crippen LogP contribution >= 0.6 is 0 Å². The third kappa shape index (κ3) is 4.16. The summed E-state index contributed by atoms with van der Waals surface area (Å²) < 4.78 is 0. The second kappa shape index (κ2) is 8.22. The van der Waals surface area contributed by atoms with Crippen LogP contribution in [0.4, 0.5) is 5.69 Å². The molecule has 3 nitrogen and oxygen atoms in total. The minimum atomic E-state index is 0.0721. The van der Waals surface area contributed by atoms with Crippen LogP contribution in [0, 0.1) is 5.92 Å². The molecule has 3 heteroatoms. The summed E-state index contributed by atoms with van der Waals surface area (Å²) in [5.74, 6) is 0.811. The van der Waals surface area contributed by atoms with Crippen molar-refractivity contribution in [3.05, 3.63) is 65.9 Å². The molecule has 2 N–H and O–H groups in total. The Morgan fingerprint density at radius 2 is 1.85 bits per heavy atom. The Morgan fingerprint density at radius 3 is 2.54 bits per heavy atom. The summed E-state index contributed by atoms with van der Waals surface area (Å²) in [6.45, 7) is 6.61. The molecule has 0 radical (unpaired) electrons. The highest BCUT2D eigenvalue weighted by atomic mass is 16.1. The van der Waals surface area contributed by atoms with Gasteiger partial charge in [0.25, 0.3) is 0 Å². The van der Waals surface area contributed by atoms with E-state index in [1.807, 2.05) is 30.3 Å². The molecule has 0 saturated carbocycles. The van der Waals surface area contributed by atoms with E-state index in [2.05, 4.69) is 55.5 Å². The fourth-order valence-electron chi connectivity index (χ4n) is 3.72. The number of aryl methyl sites for hydroxylation is 1. The third-order valence-corrected chi connectivity index (χ3v) is 4.90. The summed E-state index contributed by atoms with van der Waals surface area (Å²) in [6, 6.07) is 16.1. The molecule has 26 heavy (non-hydrogen) atoms. The normalized spacial score (nSPS) is 12.5. The van der Waals surface area contributed by atoms with Gasteiger partial charge >= 0.3 is 0 Å². The monoisotopic (exact) mass is 348 g/mol. The topological polar surface area (TPSA) is 44.9 Å². The fraction of sp³-hybridized carbons (Fsp3) is 0.348.